The molecule has 0 saturated heterocycles. The summed E-state index contributed by atoms with van der Waals surface area (Å²) in [5.41, 5.74) is 6.23. The Labute approximate surface area is 107 Å². The molecule has 3 N–H and O–H groups in total. The highest BCUT2D eigenvalue weighted by Gasteiger charge is 2.35. The molecule has 0 aliphatic carbocycles. The Bertz CT molecular complexity index is 513. The summed E-state index contributed by atoms with van der Waals surface area (Å²) in [6.45, 7) is 1.48. The summed E-state index contributed by atoms with van der Waals surface area (Å²) in [6.07, 6.45) is -3.48. The molecule has 0 heterocycles. The fourth-order valence-electron chi connectivity index (χ4n) is 1.53. The van der Waals surface area contributed by atoms with Crippen molar-refractivity contribution in [1.29, 1.82) is 0 Å². The monoisotopic (exact) mass is 275 g/mol. The van der Waals surface area contributed by atoms with Gasteiger partial charge in [-0.25, -0.2) is 10.2 Å². The molecule has 1 rings (SSSR count). The Balaban J connectivity index is 3.20. The van der Waals surface area contributed by atoms with Crippen molar-refractivity contribution < 1.29 is 22.7 Å². The number of methoxy groups -OCH3 is 1. The van der Waals surface area contributed by atoms with E-state index in [1.54, 1.807) is 0 Å². The Kier molecular flexibility index (Phi) is 4.36. The quantitative estimate of drug-likeness (QED) is 0.654. The van der Waals surface area contributed by atoms with Crippen LogP contribution in [0.25, 0.3) is 0 Å². The smallest absolute Gasteiger partial charge is 0.419 e. The number of nitrogens with zero attached hydrogens (tertiary/aromatic N) is 1. The molecular formula is C11H12F3N3O2. The van der Waals surface area contributed by atoms with E-state index in [-0.39, 0.29) is 11.3 Å². The number of halogens is 3. The van der Waals surface area contributed by atoms with Crippen LogP contribution < -0.4 is 15.9 Å². The number of amides is 2. The number of carbonyl (C=O) groups is 1. The summed E-state index contributed by atoms with van der Waals surface area (Å²) < 4.78 is 43.2. The number of carbonyl (C=O) groups excluding carboxylic acids is 1. The standard InChI is InChI=1S/C11H12F3N3O2/c1-6-3-7(5-16-17-10(15)18)4-8(9(6)19-2)11(12,13)14/h3-5H,1-2H3,(H3,15,17,18). The zero-order valence-corrected chi connectivity index (χ0v) is 10.2. The molecule has 19 heavy (non-hydrogen) atoms. The van der Waals surface area contributed by atoms with Gasteiger partial charge in [-0.3, -0.25) is 0 Å². The first-order chi connectivity index (χ1) is 8.75. The summed E-state index contributed by atoms with van der Waals surface area (Å²) >= 11 is 0. The molecule has 0 unspecified atom stereocenters. The number of hydrogen-bond donors (Lipinski definition) is 2. The first kappa shape index (κ1) is 14.8. The predicted molar refractivity (Wildman–Crippen MR) is 63.0 cm³/mol. The SMILES string of the molecule is COc1c(C)cc(C=NNC(N)=O)cc1C(F)(F)F. The summed E-state index contributed by atoms with van der Waals surface area (Å²) in [4.78, 5) is 10.4. The molecule has 2 amide bonds. The molecule has 0 aliphatic heterocycles. The maximum Gasteiger partial charge on any atom is 0.419 e. The average molecular weight is 275 g/mol. The van der Waals surface area contributed by atoms with Gasteiger partial charge in [-0.2, -0.15) is 18.3 Å². The molecule has 1 aromatic carbocycles. The lowest BCUT2D eigenvalue weighted by molar-refractivity contribution is -0.138. The highest BCUT2D eigenvalue weighted by Crippen LogP contribution is 2.38. The third-order valence-corrected chi connectivity index (χ3v) is 2.19. The van der Waals surface area contributed by atoms with Gasteiger partial charge in [-0.1, -0.05) is 0 Å². The molecule has 104 valence electrons. The van der Waals surface area contributed by atoms with Crippen LogP contribution in [-0.2, 0) is 6.18 Å². The van der Waals surface area contributed by atoms with Crippen LogP contribution in [0.1, 0.15) is 16.7 Å². The fraction of sp³-hybridized carbons (Fsp3) is 0.273. The van der Waals surface area contributed by atoms with Crippen LogP contribution in [-0.4, -0.2) is 19.4 Å². The lowest BCUT2D eigenvalue weighted by atomic mass is 10.0. The summed E-state index contributed by atoms with van der Waals surface area (Å²) in [5.74, 6) is -0.243. The number of hydrazone groups is 1. The van der Waals surface area contributed by atoms with Crippen molar-refractivity contribution in [3.8, 4) is 5.75 Å². The van der Waals surface area contributed by atoms with E-state index in [9.17, 15) is 18.0 Å². The maximum absolute atomic E-state index is 12.8. The van der Waals surface area contributed by atoms with Crippen LogP contribution >= 0.6 is 0 Å². The molecule has 0 aromatic heterocycles. The molecule has 0 saturated carbocycles. The van der Waals surface area contributed by atoms with Crippen molar-refractivity contribution in [2.75, 3.05) is 7.11 Å². The van der Waals surface area contributed by atoms with Crippen LogP contribution in [0.5, 0.6) is 5.75 Å². The third kappa shape index (κ3) is 3.87. The normalized spacial score (nSPS) is 11.6. The number of urea groups is 1. The van der Waals surface area contributed by atoms with Crippen LogP contribution in [0.15, 0.2) is 17.2 Å². The second-order valence-electron chi connectivity index (χ2n) is 3.65. The number of aryl methyl sites for hydroxylation is 1. The number of rotatable bonds is 3. The number of alkyl halides is 3. The third-order valence-electron chi connectivity index (χ3n) is 2.19. The highest BCUT2D eigenvalue weighted by molar-refractivity contribution is 5.82. The minimum atomic E-state index is -4.54. The number of benzene rings is 1. The van der Waals surface area contributed by atoms with Gasteiger partial charge in [-0.05, 0) is 30.2 Å². The molecule has 8 heteroatoms. The fourth-order valence-corrected chi connectivity index (χ4v) is 1.53. The van der Waals surface area contributed by atoms with E-state index in [4.69, 9.17) is 10.5 Å². The largest absolute Gasteiger partial charge is 0.496 e. The molecule has 0 aliphatic rings. The lowest BCUT2D eigenvalue weighted by Crippen LogP contribution is -2.24. The Morgan fingerprint density at radius 2 is 2.11 bits per heavy atom. The molecule has 0 radical (unpaired) electrons. The number of hydrogen-bond acceptors (Lipinski definition) is 3. The number of nitrogens with one attached hydrogen (secondary N) is 1. The van der Waals surface area contributed by atoms with E-state index >= 15 is 0 Å². The van der Waals surface area contributed by atoms with Gasteiger partial charge in [0.05, 0.1) is 18.9 Å². The Morgan fingerprint density at radius 3 is 2.58 bits per heavy atom. The van der Waals surface area contributed by atoms with Gasteiger partial charge in [-0.15, -0.1) is 0 Å². The van der Waals surface area contributed by atoms with Crippen molar-refractivity contribution in [3.05, 3.63) is 28.8 Å². The molecule has 0 atom stereocenters. The zero-order valence-electron chi connectivity index (χ0n) is 10.2. The summed E-state index contributed by atoms with van der Waals surface area (Å²) in [5, 5.41) is 3.40. The van der Waals surface area contributed by atoms with Gasteiger partial charge in [0.25, 0.3) is 0 Å². The summed E-state index contributed by atoms with van der Waals surface area (Å²) in [7, 11) is 1.17. The summed E-state index contributed by atoms with van der Waals surface area (Å²) in [6, 6.07) is 1.41. The number of nitrogens with two attached hydrogens (primary N) is 1. The van der Waals surface area contributed by atoms with Crippen LogP contribution in [0, 0.1) is 6.92 Å². The molecular weight excluding hydrogens is 263 g/mol. The molecule has 0 bridgehead atoms. The lowest BCUT2D eigenvalue weighted by Gasteiger charge is -2.14. The predicted octanol–water partition coefficient (Wildman–Crippen LogP) is 2.02. The van der Waals surface area contributed by atoms with Crippen molar-refractivity contribution in [3.63, 3.8) is 0 Å². The van der Waals surface area contributed by atoms with E-state index < -0.39 is 17.8 Å². The van der Waals surface area contributed by atoms with E-state index in [2.05, 4.69) is 5.10 Å². The highest BCUT2D eigenvalue weighted by atomic mass is 19.4. The van der Waals surface area contributed by atoms with Gasteiger partial charge in [0.2, 0.25) is 0 Å². The van der Waals surface area contributed by atoms with E-state index in [0.29, 0.717) is 5.56 Å². The number of primary amides is 1. The van der Waals surface area contributed by atoms with Gasteiger partial charge >= 0.3 is 12.2 Å². The minimum absolute atomic E-state index is 0.166. The number of ether oxygens (including phenoxy) is 1. The topological polar surface area (TPSA) is 76.7 Å². The molecule has 0 fully saturated rings. The zero-order chi connectivity index (χ0) is 14.6. The molecule has 1 aromatic rings. The Morgan fingerprint density at radius 1 is 1.47 bits per heavy atom. The Hall–Kier alpha value is -2.25. The van der Waals surface area contributed by atoms with Crippen molar-refractivity contribution in [1.82, 2.24) is 5.43 Å². The van der Waals surface area contributed by atoms with Crippen molar-refractivity contribution in [2.45, 2.75) is 13.1 Å². The van der Waals surface area contributed by atoms with E-state index in [1.165, 1.54) is 20.1 Å². The first-order valence-electron chi connectivity index (χ1n) is 5.10. The maximum atomic E-state index is 12.8. The van der Waals surface area contributed by atoms with Gasteiger partial charge in [0.15, 0.2) is 0 Å². The van der Waals surface area contributed by atoms with Crippen LogP contribution in [0.2, 0.25) is 0 Å². The van der Waals surface area contributed by atoms with Gasteiger partial charge in [0, 0.05) is 0 Å². The molecule has 5 nitrogen and oxygen atoms in total. The second-order valence-corrected chi connectivity index (χ2v) is 3.65. The van der Waals surface area contributed by atoms with Crippen LogP contribution in [0.3, 0.4) is 0 Å². The first-order valence-corrected chi connectivity index (χ1v) is 5.10. The minimum Gasteiger partial charge on any atom is -0.496 e. The average Bonchev–Trinajstić information content (AvgIpc) is 2.26. The second kappa shape index (κ2) is 5.59. The van der Waals surface area contributed by atoms with E-state index in [0.717, 1.165) is 12.3 Å². The van der Waals surface area contributed by atoms with Crippen molar-refractivity contribution in [2.24, 2.45) is 10.8 Å². The van der Waals surface area contributed by atoms with Crippen LogP contribution in [0.4, 0.5) is 18.0 Å². The van der Waals surface area contributed by atoms with Crippen molar-refractivity contribution >= 4 is 12.2 Å². The van der Waals surface area contributed by atoms with Gasteiger partial charge < -0.3 is 10.5 Å². The molecule has 0 spiro atoms. The van der Waals surface area contributed by atoms with Gasteiger partial charge in [0.1, 0.15) is 5.75 Å². The van der Waals surface area contributed by atoms with E-state index in [1.807, 2.05) is 5.43 Å².